The third-order valence-electron chi connectivity index (χ3n) is 4.94. The van der Waals surface area contributed by atoms with Crippen LogP contribution in [0.2, 0.25) is 0 Å². The molecule has 0 spiro atoms. The lowest BCUT2D eigenvalue weighted by atomic mass is 9.73. The number of hydrogen-bond acceptors (Lipinski definition) is 5. The van der Waals surface area contributed by atoms with Gasteiger partial charge in [-0.15, -0.1) is 0 Å². The molecule has 29 heavy (non-hydrogen) atoms. The van der Waals surface area contributed by atoms with Crippen LogP contribution in [0.5, 0.6) is 11.5 Å². The van der Waals surface area contributed by atoms with Crippen molar-refractivity contribution >= 4 is 11.5 Å². The van der Waals surface area contributed by atoms with E-state index in [1.807, 2.05) is 39.0 Å². The summed E-state index contributed by atoms with van der Waals surface area (Å²) in [6.45, 7) is 11.8. The van der Waals surface area contributed by atoms with Gasteiger partial charge in [0.15, 0.2) is 17.3 Å². The number of nitrogens with zero attached hydrogens (tertiary/aromatic N) is 1. The number of Topliss-reactive ketones (excluding diaryl/α,β-unsaturated/α-hetero) is 1. The van der Waals surface area contributed by atoms with E-state index in [2.05, 4.69) is 13.8 Å². The molecule has 5 heteroatoms. The van der Waals surface area contributed by atoms with Crippen molar-refractivity contribution in [3.8, 4) is 11.5 Å². The molecule has 0 amide bonds. The molecule has 2 rings (SSSR count). The lowest BCUT2D eigenvalue weighted by Gasteiger charge is -2.31. The third-order valence-corrected chi connectivity index (χ3v) is 4.94. The summed E-state index contributed by atoms with van der Waals surface area (Å²) >= 11 is 0. The Kier molecular flexibility index (Phi) is 8.30. The lowest BCUT2D eigenvalue weighted by molar-refractivity contribution is -0.117. The molecule has 0 radical (unpaired) electrons. The molecule has 5 nitrogen and oxygen atoms in total. The molecule has 0 bridgehead atoms. The van der Waals surface area contributed by atoms with Crippen LogP contribution in [-0.2, 0) is 11.2 Å². The molecule has 1 saturated carbocycles. The van der Waals surface area contributed by atoms with Crippen LogP contribution >= 0.6 is 0 Å². The Labute approximate surface area is 174 Å². The fraction of sp³-hybridized carbons (Fsp3) is 0.583. The lowest BCUT2D eigenvalue weighted by Crippen LogP contribution is -2.33. The van der Waals surface area contributed by atoms with Crippen LogP contribution in [0.25, 0.3) is 0 Å². The molecule has 1 aromatic carbocycles. The molecular formula is C24H35NO4. The smallest absolute Gasteiger partial charge is 0.168 e. The van der Waals surface area contributed by atoms with Gasteiger partial charge in [0.05, 0.1) is 18.8 Å². The molecule has 0 aliphatic heterocycles. The number of benzene rings is 1. The van der Waals surface area contributed by atoms with Gasteiger partial charge in [-0.2, -0.15) is 0 Å². The average Bonchev–Trinajstić information content (AvgIpc) is 2.63. The number of ketones is 1. The van der Waals surface area contributed by atoms with Gasteiger partial charge in [-0.25, -0.2) is 0 Å². The first-order chi connectivity index (χ1) is 13.8. The summed E-state index contributed by atoms with van der Waals surface area (Å²) in [5.41, 5.74) is 2.17. The normalized spacial score (nSPS) is 19.3. The maximum absolute atomic E-state index is 12.7. The summed E-state index contributed by atoms with van der Waals surface area (Å²) in [6.07, 6.45) is 3.19. The second-order valence-electron chi connectivity index (χ2n) is 8.24. The number of allylic oxidation sites excluding steroid dienone is 2. The zero-order chi connectivity index (χ0) is 21.4. The van der Waals surface area contributed by atoms with E-state index < -0.39 is 0 Å². The Morgan fingerprint density at radius 2 is 1.79 bits per heavy atom. The monoisotopic (exact) mass is 401 g/mol. The van der Waals surface area contributed by atoms with Crippen molar-refractivity contribution < 1.29 is 19.4 Å². The number of carbonyl (C=O) groups is 1. The van der Waals surface area contributed by atoms with Crippen molar-refractivity contribution in [1.82, 2.24) is 0 Å². The highest BCUT2D eigenvalue weighted by molar-refractivity contribution is 6.24. The van der Waals surface area contributed by atoms with Crippen LogP contribution < -0.4 is 9.47 Å². The Morgan fingerprint density at radius 1 is 1.10 bits per heavy atom. The fourth-order valence-electron chi connectivity index (χ4n) is 3.68. The van der Waals surface area contributed by atoms with Gasteiger partial charge >= 0.3 is 0 Å². The van der Waals surface area contributed by atoms with Gasteiger partial charge in [-0.05, 0) is 56.2 Å². The van der Waals surface area contributed by atoms with Crippen molar-refractivity contribution in [2.24, 2.45) is 10.4 Å². The van der Waals surface area contributed by atoms with Gasteiger partial charge in [0.1, 0.15) is 5.76 Å². The summed E-state index contributed by atoms with van der Waals surface area (Å²) in [5.74, 6) is 1.69. The topological polar surface area (TPSA) is 68.1 Å². The maximum atomic E-state index is 12.7. The van der Waals surface area contributed by atoms with Gasteiger partial charge in [-0.3, -0.25) is 9.79 Å². The molecule has 1 aliphatic carbocycles. The minimum absolute atomic E-state index is 0.00523. The highest BCUT2D eigenvalue weighted by Crippen LogP contribution is 2.36. The van der Waals surface area contributed by atoms with Crippen LogP contribution in [0.15, 0.2) is 34.5 Å². The molecule has 1 N–H and O–H groups in total. The van der Waals surface area contributed by atoms with Gasteiger partial charge in [-0.1, -0.05) is 26.8 Å². The number of ether oxygens (including phenoxy) is 2. The first-order valence-corrected chi connectivity index (χ1v) is 10.7. The van der Waals surface area contributed by atoms with E-state index in [1.54, 1.807) is 0 Å². The van der Waals surface area contributed by atoms with Crippen molar-refractivity contribution in [2.45, 2.75) is 66.7 Å². The molecule has 1 aliphatic rings. The number of rotatable bonds is 9. The second-order valence-corrected chi connectivity index (χ2v) is 8.24. The van der Waals surface area contributed by atoms with E-state index in [4.69, 9.17) is 14.5 Å². The first-order valence-electron chi connectivity index (χ1n) is 10.7. The Balaban J connectivity index is 2.20. The van der Waals surface area contributed by atoms with Gasteiger partial charge < -0.3 is 14.6 Å². The van der Waals surface area contributed by atoms with Crippen LogP contribution in [-0.4, -0.2) is 36.4 Å². The van der Waals surface area contributed by atoms with E-state index >= 15 is 0 Å². The van der Waals surface area contributed by atoms with Gasteiger partial charge in [0, 0.05) is 25.1 Å². The molecule has 160 valence electrons. The van der Waals surface area contributed by atoms with Gasteiger partial charge in [0.25, 0.3) is 0 Å². The van der Waals surface area contributed by atoms with Crippen molar-refractivity contribution in [2.75, 3.05) is 19.8 Å². The van der Waals surface area contributed by atoms with Gasteiger partial charge in [0.2, 0.25) is 0 Å². The van der Waals surface area contributed by atoms with Crippen molar-refractivity contribution in [1.29, 1.82) is 0 Å². The van der Waals surface area contributed by atoms with Crippen LogP contribution in [0.3, 0.4) is 0 Å². The Morgan fingerprint density at radius 3 is 2.45 bits per heavy atom. The summed E-state index contributed by atoms with van der Waals surface area (Å²) in [7, 11) is 0. The Hall–Kier alpha value is -2.30. The number of aliphatic hydroxyl groups is 1. The first kappa shape index (κ1) is 23.0. The van der Waals surface area contributed by atoms with E-state index in [0.717, 1.165) is 35.6 Å². The van der Waals surface area contributed by atoms with Crippen molar-refractivity contribution in [3.63, 3.8) is 0 Å². The molecule has 0 unspecified atom stereocenters. The van der Waals surface area contributed by atoms with Crippen LogP contribution in [0.1, 0.15) is 65.9 Å². The summed E-state index contributed by atoms with van der Waals surface area (Å²) < 4.78 is 11.3. The quantitative estimate of drug-likeness (QED) is 0.440. The highest BCUT2D eigenvalue weighted by Gasteiger charge is 2.35. The van der Waals surface area contributed by atoms with E-state index in [9.17, 15) is 9.90 Å². The highest BCUT2D eigenvalue weighted by atomic mass is 16.5. The number of hydrogen-bond donors (Lipinski definition) is 1. The number of aliphatic imine (C=N–C) groups is 1. The zero-order valence-corrected chi connectivity index (χ0v) is 18.5. The standard InChI is InChI=1S/C24H35NO4/c1-6-9-19(26)23-18(15-24(4,5)16-20(23)27)25-13-12-17-10-11-21(28-7-2)22(14-17)29-8-3/h10-11,14,26H,6-9,12-13,15-16H2,1-5H3. The number of aliphatic hydroxyl groups excluding tert-OH is 1. The zero-order valence-electron chi connectivity index (χ0n) is 18.5. The largest absolute Gasteiger partial charge is 0.511 e. The third kappa shape index (κ3) is 6.34. The molecule has 0 aromatic heterocycles. The van der Waals surface area contributed by atoms with Crippen molar-refractivity contribution in [3.05, 3.63) is 35.1 Å². The van der Waals surface area contributed by atoms with Crippen LogP contribution in [0, 0.1) is 5.41 Å². The summed E-state index contributed by atoms with van der Waals surface area (Å²) in [6, 6.07) is 5.95. The average molecular weight is 402 g/mol. The van der Waals surface area contributed by atoms with E-state index in [1.165, 1.54) is 0 Å². The molecule has 1 fully saturated rings. The molecule has 0 heterocycles. The minimum Gasteiger partial charge on any atom is -0.511 e. The molecule has 1 aromatic rings. The maximum Gasteiger partial charge on any atom is 0.168 e. The molecular weight excluding hydrogens is 366 g/mol. The molecule has 0 atom stereocenters. The van der Waals surface area contributed by atoms with E-state index in [0.29, 0.717) is 44.6 Å². The summed E-state index contributed by atoms with van der Waals surface area (Å²) in [5, 5.41) is 10.4. The SMILES string of the molecule is CCCC(O)=C1C(=O)CC(C)(C)CC1=NCCc1ccc(OCC)c(OCC)c1. The van der Waals surface area contributed by atoms with E-state index in [-0.39, 0.29) is 17.0 Å². The molecule has 0 saturated heterocycles. The predicted molar refractivity (Wildman–Crippen MR) is 117 cm³/mol. The Bertz CT molecular complexity index is 777. The fourth-order valence-corrected chi connectivity index (χ4v) is 3.68. The number of carbonyl (C=O) groups excluding carboxylic acids is 1. The minimum atomic E-state index is -0.132. The van der Waals surface area contributed by atoms with Crippen LogP contribution in [0.4, 0.5) is 0 Å². The second kappa shape index (κ2) is 10.5. The summed E-state index contributed by atoms with van der Waals surface area (Å²) in [4.78, 5) is 17.4. The predicted octanol–water partition coefficient (Wildman–Crippen LogP) is 5.47.